The average Bonchev–Trinajstić information content (AvgIpc) is 2.06. The molecule has 0 aromatic rings. The van der Waals surface area contributed by atoms with E-state index >= 15 is 0 Å². The molecule has 1 fully saturated rings. The van der Waals surface area contributed by atoms with Crippen LogP contribution in [0, 0.1) is 5.92 Å². The van der Waals surface area contributed by atoms with Crippen molar-refractivity contribution in [1.29, 1.82) is 0 Å². The van der Waals surface area contributed by atoms with Crippen molar-refractivity contribution in [3.05, 3.63) is 0 Å². The number of piperidine rings is 1. The van der Waals surface area contributed by atoms with Crippen LogP contribution in [0.3, 0.4) is 0 Å². The molecule has 0 aromatic carbocycles. The van der Waals surface area contributed by atoms with E-state index in [0.29, 0.717) is 4.90 Å². The third kappa shape index (κ3) is 3.41. The van der Waals surface area contributed by atoms with Crippen LogP contribution in [0.2, 0.25) is 0 Å². The molecule has 1 saturated heterocycles. The quantitative estimate of drug-likeness (QED) is 0.758. The molecule has 1 amide bonds. The van der Waals surface area contributed by atoms with Crippen molar-refractivity contribution in [2.45, 2.75) is 19.0 Å². The average molecular weight is 225 g/mol. The second kappa shape index (κ2) is 4.08. The van der Waals surface area contributed by atoms with Gasteiger partial charge < -0.3 is 10.0 Å². The zero-order chi connectivity index (χ0) is 11.6. The van der Waals surface area contributed by atoms with E-state index in [2.05, 4.69) is 0 Å². The van der Waals surface area contributed by atoms with Crippen molar-refractivity contribution in [3.63, 3.8) is 0 Å². The summed E-state index contributed by atoms with van der Waals surface area (Å²) in [6, 6.07) is 0. The van der Waals surface area contributed by atoms with Gasteiger partial charge >= 0.3 is 12.1 Å². The van der Waals surface area contributed by atoms with Gasteiger partial charge in [-0.25, -0.2) is 0 Å². The molecule has 1 rings (SSSR count). The number of halogens is 3. The first-order chi connectivity index (χ1) is 6.79. The third-order valence-electron chi connectivity index (χ3n) is 2.22. The first-order valence-electron chi connectivity index (χ1n) is 4.37. The molecule has 1 unspecified atom stereocenters. The second-order valence-corrected chi connectivity index (χ2v) is 3.46. The van der Waals surface area contributed by atoms with E-state index in [1.807, 2.05) is 0 Å². The smallest absolute Gasteiger partial charge is 0.406 e. The van der Waals surface area contributed by atoms with E-state index in [1.54, 1.807) is 0 Å². The number of aliphatic carboxylic acids is 1. The Balaban J connectivity index is 2.62. The van der Waals surface area contributed by atoms with Crippen molar-refractivity contribution >= 4 is 11.9 Å². The molecule has 0 aromatic heterocycles. The number of carboxylic acid groups (broad SMARTS) is 1. The van der Waals surface area contributed by atoms with Crippen LogP contribution in [0.15, 0.2) is 0 Å². The molecule has 1 heterocycles. The summed E-state index contributed by atoms with van der Waals surface area (Å²) in [6.45, 7) is -1.72. The largest absolute Gasteiger partial charge is 0.481 e. The number of hydrogen-bond acceptors (Lipinski definition) is 2. The van der Waals surface area contributed by atoms with Crippen molar-refractivity contribution < 1.29 is 27.9 Å². The molecule has 0 saturated carbocycles. The zero-order valence-electron chi connectivity index (χ0n) is 7.75. The van der Waals surface area contributed by atoms with Gasteiger partial charge in [-0.3, -0.25) is 9.59 Å². The minimum Gasteiger partial charge on any atom is -0.481 e. The summed E-state index contributed by atoms with van der Waals surface area (Å²) in [4.78, 5) is 22.2. The summed E-state index contributed by atoms with van der Waals surface area (Å²) in [7, 11) is 0. The Kier molecular flexibility index (Phi) is 3.21. The summed E-state index contributed by atoms with van der Waals surface area (Å²) < 4.78 is 36.0. The highest BCUT2D eigenvalue weighted by atomic mass is 19.4. The SMILES string of the molecule is O=C(O)C1CCC(=O)N(CC(F)(F)F)C1. The molecule has 1 aliphatic rings. The Morgan fingerprint density at radius 3 is 2.60 bits per heavy atom. The van der Waals surface area contributed by atoms with Gasteiger partial charge in [0.2, 0.25) is 5.91 Å². The summed E-state index contributed by atoms with van der Waals surface area (Å²) in [5, 5.41) is 8.62. The maximum Gasteiger partial charge on any atom is 0.406 e. The number of rotatable bonds is 2. The van der Waals surface area contributed by atoms with Crippen molar-refractivity contribution in [2.24, 2.45) is 5.92 Å². The van der Waals surface area contributed by atoms with E-state index in [1.165, 1.54) is 0 Å². The highest BCUT2D eigenvalue weighted by Gasteiger charge is 2.37. The van der Waals surface area contributed by atoms with Crippen LogP contribution >= 0.6 is 0 Å². The molecular formula is C8H10F3NO3. The van der Waals surface area contributed by atoms with Crippen LogP contribution in [0.1, 0.15) is 12.8 Å². The molecule has 4 nitrogen and oxygen atoms in total. The third-order valence-corrected chi connectivity index (χ3v) is 2.22. The molecule has 0 aliphatic carbocycles. The molecule has 15 heavy (non-hydrogen) atoms. The highest BCUT2D eigenvalue weighted by molar-refractivity contribution is 5.80. The summed E-state index contributed by atoms with van der Waals surface area (Å²) >= 11 is 0. The lowest BCUT2D eigenvalue weighted by Gasteiger charge is -2.31. The number of carboxylic acids is 1. The molecule has 7 heteroatoms. The topological polar surface area (TPSA) is 57.6 Å². The molecule has 0 spiro atoms. The van der Waals surface area contributed by atoms with Gasteiger partial charge in [0.25, 0.3) is 0 Å². The Labute approximate surface area is 83.7 Å². The van der Waals surface area contributed by atoms with E-state index in [0.717, 1.165) is 0 Å². The van der Waals surface area contributed by atoms with Gasteiger partial charge in [-0.2, -0.15) is 13.2 Å². The minimum absolute atomic E-state index is 0.114. The normalized spacial score (nSPS) is 23.0. The van der Waals surface area contributed by atoms with E-state index in [4.69, 9.17) is 5.11 Å². The summed E-state index contributed by atoms with van der Waals surface area (Å²) in [6.07, 6.45) is -4.49. The molecule has 0 radical (unpaired) electrons. The van der Waals surface area contributed by atoms with Gasteiger partial charge in [0.05, 0.1) is 5.92 Å². The van der Waals surface area contributed by atoms with Gasteiger partial charge in [-0.05, 0) is 6.42 Å². The standard InChI is InChI=1S/C8H10F3NO3/c9-8(10,11)4-12-3-5(7(14)15)1-2-6(12)13/h5H,1-4H2,(H,14,15). The van der Waals surface area contributed by atoms with Gasteiger partial charge in [-0.15, -0.1) is 0 Å². The molecule has 1 aliphatic heterocycles. The van der Waals surface area contributed by atoms with Crippen LogP contribution in [0.25, 0.3) is 0 Å². The number of carbonyl (C=O) groups excluding carboxylic acids is 1. The Bertz CT molecular complexity index is 277. The van der Waals surface area contributed by atoms with Crippen LogP contribution in [0.4, 0.5) is 13.2 Å². The number of amides is 1. The van der Waals surface area contributed by atoms with Crippen LogP contribution < -0.4 is 0 Å². The number of alkyl halides is 3. The van der Waals surface area contributed by atoms with E-state index in [-0.39, 0.29) is 19.4 Å². The lowest BCUT2D eigenvalue weighted by Crippen LogP contribution is -2.46. The van der Waals surface area contributed by atoms with Crippen molar-refractivity contribution in [2.75, 3.05) is 13.1 Å². The van der Waals surface area contributed by atoms with E-state index in [9.17, 15) is 22.8 Å². The van der Waals surface area contributed by atoms with Crippen LogP contribution in [-0.2, 0) is 9.59 Å². The Hall–Kier alpha value is -1.27. The van der Waals surface area contributed by atoms with E-state index < -0.39 is 30.5 Å². The first kappa shape index (κ1) is 11.8. The molecule has 0 bridgehead atoms. The first-order valence-corrected chi connectivity index (χ1v) is 4.37. The maximum absolute atomic E-state index is 12.0. The van der Waals surface area contributed by atoms with Gasteiger partial charge in [0.15, 0.2) is 0 Å². The minimum atomic E-state index is -4.48. The predicted molar refractivity (Wildman–Crippen MR) is 43.0 cm³/mol. The lowest BCUT2D eigenvalue weighted by molar-refractivity contribution is -0.168. The predicted octanol–water partition coefficient (Wildman–Crippen LogP) is 0.872. The number of likely N-dealkylation sites (tertiary alicyclic amines) is 1. The number of nitrogens with zero attached hydrogens (tertiary/aromatic N) is 1. The Morgan fingerprint density at radius 2 is 2.13 bits per heavy atom. The molecule has 86 valence electrons. The Morgan fingerprint density at radius 1 is 1.53 bits per heavy atom. The van der Waals surface area contributed by atoms with Crippen LogP contribution in [0.5, 0.6) is 0 Å². The fourth-order valence-electron chi connectivity index (χ4n) is 1.49. The maximum atomic E-state index is 12.0. The van der Waals surface area contributed by atoms with Crippen LogP contribution in [-0.4, -0.2) is 41.1 Å². The fourth-order valence-corrected chi connectivity index (χ4v) is 1.49. The summed E-state index contributed by atoms with van der Waals surface area (Å²) in [5.41, 5.74) is 0. The monoisotopic (exact) mass is 225 g/mol. The zero-order valence-corrected chi connectivity index (χ0v) is 7.75. The fraction of sp³-hybridized carbons (Fsp3) is 0.750. The van der Waals surface area contributed by atoms with Gasteiger partial charge in [0.1, 0.15) is 6.54 Å². The molecule has 1 N–H and O–H groups in total. The van der Waals surface area contributed by atoms with Gasteiger partial charge in [0, 0.05) is 13.0 Å². The molecular weight excluding hydrogens is 215 g/mol. The van der Waals surface area contributed by atoms with Crippen molar-refractivity contribution in [3.8, 4) is 0 Å². The second-order valence-electron chi connectivity index (χ2n) is 3.46. The van der Waals surface area contributed by atoms with Gasteiger partial charge in [-0.1, -0.05) is 0 Å². The lowest BCUT2D eigenvalue weighted by atomic mass is 9.98. The van der Waals surface area contributed by atoms with Crippen molar-refractivity contribution in [1.82, 2.24) is 4.90 Å². The highest BCUT2D eigenvalue weighted by Crippen LogP contribution is 2.23. The molecule has 1 atom stereocenters. The number of carbonyl (C=O) groups is 2. The summed E-state index contributed by atoms with van der Waals surface area (Å²) in [5.74, 6) is -2.68. The number of hydrogen-bond donors (Lipinski definition) is 1.